The fourth-order valence-corrected chi connectivity index (χ4v) is 3.66. The second-order valence-electron chi connectivity index (χ2n) is 5.28. The molecule has 2 heterocycles. The van der Waals surface area contributed by atoms with Crippen LogP contribution in [0.15, 0.2) is 17.5 Å². The molecule has 0 amide bonds. The van der Waals surface area contributed by atoms with Crippen molar-refractivity contribution in [2.24, 2.45) is 7.05 Å². The second-order valence-corrected chi connectivity index (χ2v) is 6.22. The van der Waals surface area contributed by atoms with Crippen LogP contribution in [0.2, 0.25) is 0 Å². The highest BCUT2D eigenvalue weighted by atomic mass is 32.1. The Morgan fingerprint density at radius 2 is 2.20 bits per heavy atom. The molecule has 0 aliphatic rings. The number of rotatable bonds is 7. The Balaban J connectivity index is 2.21. The van der Waals surface area contributed by atoms with Gasteiger partial charge in [0.25, 0.3) is 0 Å². The van der Waals surface area contributed by atoms with Crippen LogP contribution < -0.4 is 5.32 Å². The van der Waals surface area contributed by atoms with E-state index in [1.54, 1.807) is 0 Å². The molecule has 2 rings (SSSR count). The highest BCUT2D eigenvalue weighted by molar-refractivity contribution is 7.10. The van der Waals surface area contributed by atoms with Crippen LogP contribution >= 0.6 is 11.3 Å². The van der Waals surface area contributed by atoms with E-state index >= 15 is 0 Å². The quantitative estimate of drug-likeness (QED) is 0.844. The Labute approximate surface area is 126 Å². The number of hydrogen-bond acceptors (Lipinski definition) is 3. The Morgan fingerprint density at radius 1 is 1.40 bits per heavy atom. The predicted molar refractivity (Wildman–Crippen MR) is 86.4 cm³/mol. The zero-order valence-electron chi connectivity index (χ0n) is 12.9. The van der Waals surface area contributed by atoms with Gasteiger partial charge in [0, 0.05) is 30.1 Å². The molecule has 0 radical (unpaired) electrons. The van der Waals surface area contributed by atoms with E-state index in [1.165, 1.54) is 16.1 Å². The van der Waals surface area contributed by atoms with Crippen molar-refractivity contribution in [2.75, 3.05) is 6.54 Å². The lowest BCUT2D eigenvalue weighted by molar-refractivity contribution is 0.516. The first-order valence-corrected chi connectivity index (χ1v) is 8.32. The minimum absolute atomic E-state index is 0.402. The highest BCUT2D eigenvalue weighted by Crippen LogP contribution is 2.28. The molecule has 20 heavy (non-hydrogen) atoms. The lowest BCUT2D eigenvalue weighted by atomic mass is 10.0. The average Bonchev–Trinajstić information content (AvgIpc) is 3.01. The molecule has 0 spiro atoms. The molecule has 1 atom stereocenters. The van der Waals surface area contributed by atoms with Crippen LogP contribution in [0.3, 0.4) is 0 Å². The summed E-state index contributed by atoms with van der Waals surface area (Å²) in [6, 6.07) is 4.86. The van der Waals surface area contributed by atoms with Crippen LogP contribution in [0, 0.1) is 6.92 Å². The van der Waals surface area contributed by atoms with Crippen LogP contribution in [0.5, 0.6) is 0 Å². The summed E-state index contributed by atoms with van der Waals surface area (Å²) in [5.74, 6) is 0. The van der Waals surface area contributed by atoms with E-state index in [4.69, 9.17) is 0 Å². The van der Waals surface area contributed by atoms with Crippen molar-refractivity contribution < 1.29 is 0 Å². The Hall–Kier alpha value is -1.13. The van der Waals surface area contributed by atoms with Crippen molar-refractivity contribution in [3.63, 3.8) is 0 Å². The van der Waals surface area contributed by atoms with Gasteiger partial charge in [0.2, 0.25) is 0 Å². The predicted octanol–water partition coefficient (Wildman–Crippen LogP) is 3.64. The summed E-state index contributed by atoms with van der Waals surface area (Å²) in [7, 11) is 2.04. The summed E-state index contributed by atoms with van der Waals surface area (Å²) in [5, 5.41) is 10.4. The monoisotopic (exact) mass is 291 g/mol. The van der Waals surface area contributed by atoms with Crippen molar-refractivity contribution in [1.29, 1.82) is 0 Å². The molecule has 0 saturated heterocycles. The maximum absolute atomic E-state index is 4.46. The van der Waals surface area contributed by atoms with Gasteiger partial charge in [0.1, 0.15) is 0 Å². The van der Waals surface area contributed by atoms with Crippen molar-refractivity contribution in [3.05, 3.63) is 39.3 Å². The fourth-order valence-electron chi connectivity index (χ4n) is 2.59. The summed E-state index contributed by atoms with van der Waals surface area (Å²) in [6.45, 7) is 7.56. The molecular weight excluding hydrogens is 266 g/mol. The van der Waals surface area contributed by atoms with Gasteiger partial charge in [-0.2, -0.15) is 5.10 Å². The van der Waals surface area contributed by atoms with E-state index in [2.05, 4.69) is 48.7 Å². The Bertz CT molecular complexity index is 542. The van der Waals surface area contributed by atoms with E-state index in [0.717, 1.165) is 31.5 Å². The van der Waals surface area contributed by atoms with Gasteiger partial charge in [-0.25, -0.2) is 0 Å². The smallest absolute Gasteiger partial charge is 0.0596 e. The largest absolute Gasteiger partial charge is 0.309 e. The number of hydrogen-bond donors (Lipinski definition) is 1. The Kier molecular flexibility index (Phi) is 5.38. The third kappa shape index (κ3) is 3.49. The van der Waals surface area contributed by atoms with Crippen LogP contribution in [0.25, 0.3) is 0 Å². The normalized spacial score (nSPS) is 12.8. The zero-order valence-corrected chi connectivity index (χ0v) is 13.8. The standard InChI is InChI=1S/C16H25N3S/c1-5-8-17-15(16-13(6-2)7-9-20-16)11-14-10-12(3)18-19(14)4/h7,9-10,15,17H,5-6,8,11H2,1-4H3. The number of nitrogens with zero attached hydrogens (tertiary/aromatic N) is 2. The summed E-state index contributed by atoms with van der Waals surface area (Å²) in [4.78, 5) is 1.49. The molecule has 1 N–H and O–H groups in total. The van der Waals surface area contributed by atoms with Gasteiger partial charge in [0.15, 0.2) is 0 Å². The molecular formula is C16H25N3S. The molecule has 110 valence electrons. The molecule has 0 aliphatic carbocycles. The van der Waals surface area contributed by atoms with Gasteiger partial charge in [-0.3, -0.25) is 4.68 Å². The molecule has 0 fully saturated rings. The van der Waals surface area contributed by atoms with Crippen LogP contribution in [-0.4, -0.2) is 16.3 Å². The summed E-state index contributed by atoms with van der Waals surface area (Å²) in [6.07, 6.45) is 3.27. The average molecular weight is 291 g/mol. The molecule has 0 saturated carbocycles. The maximum Gasteiger partial charge on any atom is 0.0596 e. The van der Waals surface area contributed by atoms with E-state index in [9.17, 15) is 0 Å². The van der Waals surface area contributed by atoms with Gasteiger partial charge >= 0.3 is 0 Å². The fraction of sp³-hybridized carbons (Fsp3) is 0.562. The second kappa shape index (κ2) is 7.04. The third-order valence-electron chi connectivity index (χ3n) is 3.63. The third-order valence-corrected chi connectivity index (χ3v) is 4.70. The van der Waals surface area contributed by atoms with Crippen molar-refractivity contribution in [1.82, 2.24) is 15.1 Å². The first-order valence-electron chi connectivity index (χ1n) is 7.44. The van der Waals surface area contributed by atoms with Gasteiger partial charge in [0.05, 0.1) is 5.69 Å². The molecule has 0 bridgehead atoms. The summed E-state index contributed by atoms with van der Waals surface area (Å²) in [5.41, 5.74) is 3.87. The van der Waals surface area contributed by atoms with Crippen molar-refractivity contribution in [2.45, 2.75) is 46.1 Å². The minimum atomic E-state index is 0.402. The number of aromatic nitrogens is 2. The van der Waals surface area contributed by atoms with Gasteiger partial charge in [-0.05, 0) is 49.4 Å². The van der Waals surface area contributed by atoms with Crippen LogP contribution in [0.1, 0.15) is 48.1 Å². The first kappa shape index (κ1) is 15.3. The number of nitrogens with one attached hydrogen (secondary N) is 1. The lowest BCUT2D eigenvalue weighted by Gasteiger charge is -2.19. The number of thiophene rings is 1. The molecule has 2 aromatic heterocycles. The van der Waals surface area contributed by atoms with Crippen LogP contribution in [0.4, 0.5) is 0 Å². The van der Waals surface area contributed by atoms with Crippen LogP contribution in [-0.2, 0) is 19.9 Å². The van der Waals surface area contributed by atoms with Crippen molar-refractivity contribution >= 4 is 11.3 Å². The van der Waals surface area contributed by atoms with E-state index < -0.39 is 0 Å². The van der Waals surface area contributed by atoms with Gasteiger partial charge in [-0.1, -0.05) is 13.8 Å². The first-order chi connectivity index (χ1) is 9.65. The highest BCUT2D eigenvalue weighted by Gasteiger charge is 2.18. The lowest BCUT2D eigenvalue weighted by Crippen LogP contribution is -2.25. The maximum atomic E-state index is 4.46. The van der Waals surface area contributed by atoms with Gasteiger partial charge < -0.3 is 5.32 Å². The van der Waals surface area contributed by atoms with Crippen molar-refractivity contribution in [3.8, 4) is 0 Å². The molecule has 1 unspecified atom stereocenters. The number of aryl methyl sites for hydroxylation is 3. The summed E-state index contributed by atoms with van der Waals surface area (Å²) >= 11 is 1.87. The zero-order chi connectivity index (χ0) is 14.5. The molecule has 0 aliphatic heterocycles. The summed E-state index contributed by atoms with van der Waals surface area (Å²) < 4.78 is 2.01. The SMILES string of the molecule is CCCNC(Cc1cc(C)nn1C)c1sccc1CC. The molecule has 2 aromatic rings. The van der Waals surface area contributed by atoms with Gasteiger partial charge in [-0.15, -0.1) is 11.3 Å². The molecule has 4 heteroatoms. The molecule has 3 nitrogen and oxygen atoms in total. The van der Waals surface area contributed by atoms with E-state index in [1.807, 2.05) is 23.1 Å². The topological polar surface area (TPSA) is 29.9 Å². The van der Waals surface area contributed by atoms with E-state index in [-0.39, 0.29) is 0 Å². The minimum Gasteiger partial charge on any atom is -0.309 e. The molecule has 0 aromatic carbocycles. The van der Waals surface area contributed by atoms with E-state index in [0.29, 0.717) is 6.04 Å². The Morgan fingerprint density at radius 3 is 2.80 bits per heavy atom.